The fourth-order valence-electron chi connectivity index (χ4n) is 1.74. The molecule has 17 heavy (non-hydrogen) atoms. The standard InChI is InChI=1S/C13H10BNO2/c15-9-10-4-3-5-11(8-10)12-6-1-2-7-13(12)14(16)17/h1-8,16-17H. The molecule has 0 atom stereocenters. The number of hydrogen-bond acceptors (Lipinski definition) is 3. The van der Waals surface area contributed by atoms with Crippen LogP contribution in [0, 0.1) is 11.3 Å². The lowest BCUT2D eigenvalue weighted by molar-refractivity contribution is 0.426. The molecule has 0 aliphatic rings. The third-order valence-electron chi connectivity index (χ3n) is 2.54. The monoisotopic (exact) mass is 223 g/mol. The molecule has 2 aromatic rings. The first-order chi connectivity index (χ1) is 8.22. The van der Waals surface area contributed by atoms with Gasteiger partial charge in [-0.15, -0.1) is 0 Å². The van der Waals surface area contributed by atoms with Crippen molar-refractivity contribution in [2.45, 2.75) is 0 Å². The van der Waals surface area contributed by atoms with Crippen LogP contribution in [0.2, 0.25) is 0 Å². The largest absolute Gasteiger partial charge is 0.489 e. The normalized spacial score (nSPS) is 9.71. The molecule has 0 spiro atoms. The average molecular weight is 223 g/mol. The Hall–Kier alpha value is -2.09. The molecule has 0 heterocycles. The topological polar surface area (TPSA) is 64.2 Å². The van der Waals surface area contributed by atoms with E-state index in [2.05, 4.69) is 6.07 Å². The van der Waals surface area contributed by atoms with Crippen molar-refractivity contribution in [2.75, 3.05) is 0 Å². The molecule has 2 N–H and O–H groups in total. The average Bonchev–Trinajstić information content (AvgIpc) is 2.39. The van der Waals surface area contributed by atoms with E-state index >= 15 is 0 Å². The van der Waals surface area contributed by atoms with Crippen LogP contribution in [0.25, 0.3) is 11.1 Å². The molecular weight excluding hydrogens is 213 g/mol. The summed E-state index contributed by atoms with van der Waals surface area (Å²) in [5, 5.41) is 27.4. The van der Waals surface area contributed by atoms with E-state index in [0.717, 1.165) is 11.1 Å². The molecule has 2 aromatic carbocycles. The SMILES string of the molecule is N#Cc1cccc(-c2ccccc2B(O)O)c1. The number of hydrogen-bond donors (Lipinski definition) is 2. The molecule has 0 amide bonds. The van der Waals surface area contributed by atoms with Gasteiger partial charge >= 0.3 is 7.12 Å². The van der Waals surface area contributed by atoms with E-state index in [1.165, 1.54) is 0 Å². The lowest BCUT2D eigenvalue weighted by atomic mass is 9.75. The van der Waals surface area contributed by atoms with E-state index < -0.39 is 7.12 Å². The summed E-state index contributed by atoms with van der Waals surface area (Å²) in [4.78, 5) is 0. The predicted molar refractivity (Wildman–Crippen MR) is 66.4 cm³/mol. The fourth-order valence-corrected chi connectivity index (χ4v) is 1.74. The van der Waals surface area contributed by atoms with Crippen LogP contribution >= 0.6 is 0 Å². The molecule has 3 nitrogen and oxygen atoms in total. The Morgan fingerprint density at radius 3 is 2.47 bits per heavy atom. The Balaban J connectivity index is 2.57. The van der Waals surface area contributed by atoms with E-state index in [0.29, 0.717) is 11.0 Å². The highest BCUT2D eigenvalue weighted by atomic mass is 16.4. The lowest BCUT2D eigenvalue weighted by Crippen LogP contribution is -2.31. The molecule has 0 saturated heterocycles. The van der Waals surface area contributed by atoms with Gasteiger partial charge in [-0.25, -0.2) is 0 Å². The zero-order chi connectivity index (χ0) is 12.3. The van der Waals surface area contributed by atoms with Crippen molar-refractivity contribution in [1.82, 2.24) is 0 Å². The van der Waals surface area contributed by atoms with E-state index in [9.17, 15) is 10.0 Å². The summed E-state index contributed by atoms with van der Waals surface area (Å²) in [5.41, 5.74) is 2.50. The van der Waals surface area contributed by atoms with Gasteiger partial charge in [-0.1, -0.05) is 36.4 Å². The third-order valence-corrected chi connectivity index (χ3v) is 2.54. The van der Waals surface area contributed by atoms with Crippen molar-refractivity contribution in [2.24, 2.45) is 0 Å². The highest BCUT2D eigenvalue weighted by Crippen LogP contribution is 2.18. The predicted octanol–water partition coefficient (Wildman–Crippen LogP) is 0.905. The second kappa shape index (κ2) is 4.83. The molecule has 0 aromatic heterocycles. The minimum absolute atomic E-state index is 0.433. The molecule has 4 heteroatoms. The molecule has 0 saturated carbocycles. The second-order valence-corrected chi connectivity index (χ2v) is 3.65. The van der Waals surface area contributed by atoms with Crippen molar-refractivity contribution < 1.29 is 10.0 Å². The van der Waals surface area contributed by atoms with Gasteiger partial charge in [0.05, 0.1) is 11.6 Å². The maximum absolute atomic E-state index is 9.28. The quantitative estimate of drug-likeness (QED) is 0.743. The molecule has 0 aliphatic carbocycles. The first kappa shape index (κ1) is 11.4. The first-order valence-electron chi connectivity index (χ1n) is 5.18. The van der Waals surface area contributed by atoms with Crippen LogP contribution in [0.1, 0.15) is 5.56 Å². The Morgan fingerprint density at radius 1 is 1.00 bits per heavy atom. The highest BCUT2D eigenvalue weighted by molar-refractivity contribution is 6.60. The van der Waals surface area contributed by atoms with Gasteiger partial charge in [0.25, 0.3) is 0 Å². The van der Waals surface area contributed by atoms with Crippen LogP contribution in [0.5, 0.6) is 0 Å². The minimum Gasteiger partial charge on any atom is -0.423 e. The molecule has 0 radical (unpaired) electrons. The van der Waals surface area contributed by atoms with Crippen LogP contribution in [-0.2, 0) is 0 Å². The maximum atomic E-state index is 9.28. The van der Waals surface area contributed by atoms with Gasteiger partial charge < -0.3 is 10.0 Å². The Bertz CT molecular complexity index is 576. The molecular formula is C13H10BNO2. The van der Waals surface area contributed by atoms with Gasteiger partial charge in [-0.2, -0.15) is 5.26 Å². The maximum Gasteiger partial charge on any atom is 0.489 e. The number of nitriles is 1. The molecule has 2 rings (SSSR count). The Kier molecular flexibility index (Phi) is 3.24. The van der Waals surface area contributed by atoms with Crippen molar-refractivity contribution in [3.63, 3.8) is 0 Å². The van der Waals surface area contributed by atoms with Gasteiger partial charge in [0.2, 0.25) is 0 Å². The van der Waals surface area contributed by atoms with Crippen LogP contribution in [0.15, 0.2) is 48.5 Å². The highest BCUT2D eigenvalue weighted by Gasteiger charge is 2.16. The smallest absolute Gasteiger partial charge is 0.423 e. The van der Waals surface area contributed by atoms with Crippen molar-refractivity contribution in [3.8, 4) is 17.2 Å². The van der Waals surface area contributed by atoms with E-state index in [1.807, 2.05) is 12.1 Å². The zero-order valence-corrected chi connectivity index (χ0v) is 9.04. The number of nitrogens with zero attached hydrogens (tertiary/aromatic N) is 1. The van der Waals surface area contributed by atoms with Gasteiger partial charge in [-0.05, 0) is 28.7 Å². The van der Waals surface area contributed by atoms with E-state index in [4.69, 9.17) is 5.26 Å². The van der Waals surface area contributed by atoms with Crippen LogP contribution in [0.4, 0.5) is 0 Å². The minimum atomic E-state index is -1.52. The lowest BCUT2D eigenvalue weighted by Gasteiger charge is -2.08. The first-order valence-corrected chi connectivity index (χ1v) is 5.18. The molecule has 0 bridgehead atoms. The summed E-state index contributed by atoms with van der Waals surface area (Å²) in [6, 6.07) is 16.1. The van der Waals surface area contributed by atoms with Gasteiger partial charge in [0, 0.05) is 0 Å². The van der Waals surface area contributed by atoms with Crippen molar-refractivity contribution in [3.05, 3.63) is 54.1 Å². The Morgan fingerprint density at radius 2 is 1.76 bits per heavy atom. The summed E-state index contributed by atoms with van der Waals surface area (Å²) < 4.78 is 0. The zero-order valence-electron chi connectivity index (χ0n) is 9.04. The van der Waals surface area contributed by atoms with Gasteiger partial charge in [0.1, 0.15) is 0 Å². The summed E-state index contributed by atoms with van der Waals surface area (Å²) >= 11 is 0. The molecule has 0 unspecified atom stereocenters. The third kappa shape index (κ3) is 2.36. The summed E-state index contributed by atoms with van der Waals surface area (Å²) in [6.45, 7) is 0. The van der Waals surface area contributed by atoms with Crippen LogP contribution in [0.3, 0.4) is 0 Å². The van der Waals surface area contributed by atoms with E-state index in [-0.39, 0.29) is 0 Å². The Labute approximate surface area is 99.7 Å². The molecule has 0 fully saturated rings. The second-order valence-electron chi connectivity index (χ2n) is 3.65. The number of benzene rings is 2. The molecule has 82 valence electrons. The summed E-state index contributed by atoms with van der Waals surface area (Å²) in [7, 11) is -1.52. The fraction of sp³-hybridized carbons (Fsp3) is 0. The van der Waals surface area contributed by atoms with E-state index in [1.54, 1.807) is 36.4 Å². The van der Waals surface area contributed by atoms with Gasteiger partial charge in [0.15, 0.2) is 0 Å². The molecule has 0 aliphatic heterocycles. The van der Waals surface area contributed by atoms with Crippen molar-refractivity contribution in [1.29, 1.82) is 5.26 Å². The van der Waals surface area contributed by atoms with Gasteiger partial charge in [-0.3, -0.25) is 0 Å². The van der Waals surface area contributed by atoms with Crippen molar-refractivity contribution >= 4 is 12.6 Å². The summed E-state index contributed by atoms with van der Waals surface area (Å²) in [5.74, 6) is 0. The number of rotatable bonds is 2. The van der Waals surface area contributed by atoms with Crippen LogP contribution < -0.4 is 5.46 Å². The summed E-state index contributed by atoms with van der Waals surface area (Å²) in [6.07, 6.45) is 0. The van der Waals surface area contributed by atoms with Crippen LogP contribution in [-0.4, -0.2) is 17.2 Å².